The number of halogens is 2. The average Bonchev–Trinajstić information content (AvgIpc) is 2.42. The number of nitrogens with zero attached hydrogens (tertiary/aromatic N) is 1. The summed E-state index contributed by atoms with van der Waals surface area (Å²) in [4.78, 5) is 15.9. The van der Waals surface area contributed by atoms with Gasteiger partial charge in [-0.05, 0) is 60.1 Å². The van der Waals surface area contributed by atoms with Crippen molar-refractivity contribution in [3.05, 3.63) is 52.4 Å². The van der Waals surface area contributed by atoms with Crippen molar-refractivity contribution in [2.24, 2.45) is 0 Å². The van der Waals surface area contributed by atoms with E-state index in [2.05, 4.69) is 26.2 Å². The van der Waals surface area contributed by atoms with E-state index in [1.165, 1.54) is 6.07 Å². The lowest BCUT2D eigenvalue weighted by Crippen LogP contribution is -2.13. The molecule has 0 saturated carbocycles. The Kier molecular flexibility index (Phi) is 4.90. The van der Waals surface area contributed by atoms with Gasteiger partial charge in [-0.15, -0.1) is 0 Å². The van der Waals surface area contributed by atoms with Crippen LogP contribution in [0, 0.1) is 5.82 Å². The van der Waals surface area contributed by atoms with Gasteiger partial charge in [0, 0.05) is 5.56 Å². The fourth-order valence-corrected chi connectivity index (χ4v) is 2.06. The highest BCUT2D eigenvalue weighted by atomic mass is 79.9. The SMILES string of the molecule is CC(C)Oc1ccc(C(=O)Nc2ncc(F)cc2Br)cc1. The minimum absolute atomic E-state index is 0.0732. The van der Waals surface area contributed by atoms with Gasteiger partial charge in [0.05, 0.1) is 16.8 Å². The second-order valence-electron chi connectivity index (χ2n) is 4.63. The van der Waals surface area contributed by atoms with Crippen LogP contribution >= 0.6 is 15.9 Å². The number of hydrogen-bond donors (Lipinski definition) is 1. The lowest BCUT2D eigenvalue weighted by molar-refractivity contribution is 0.102. The van der Waals surface area contributed by atoms with Crippen LogP contribution in [0.1, 0.15) is 24.2 Å². The number of carbonyl (C=O) groups is 1. The molecule has 1 aromatic heterocycles. The molecule has 2 aromatic rings. The largest absolute Gasteiger partial charge is 0.491 e. The number of carbonyl (C=O) groups excluding carboxylic acids is 1. The smallest absolute Gasteiger partial charge is 0.256 e. The Bertz CT molecular complexity index is 645. The Morgan fingerprint density at radius 2 is 2.00 bits per heavy atom. The summed E-state index contributed by atoms with van der Waals surface area (Å²) in [5.74, 6) is 0.160. The van der Waals surface area contributed by atoms with Crippen molar-refractivity contribution >= 4 is 27.7 Å². The van der Waals surface area contributed by atoms with Crippen LogP contribution in [0.4, 0.5) is 10.2 Å². The van der Waals surface area contributed by atoms with Crippen LogP contribution in [0.5, 0.6) is 5.75 Å². The summed E-state index contributed by atoms with van der Waals surface area (Å²) in [6.07, 6.45) is 1.11. The molecular formula is C15H14BrFN2O2. The number of rotatable bonds is 4. The summed E-state index contributed by atoms with van der Waals surface area (Å²) >= 11 is 3.15. The fraction of sp³-hybridized carbons (Fsp3) is 0.200. The molecule has 0 unspecified atom stereocenters. The van der Waals surface area contributed by atoms with Gasteiger partial charge in [0.25, 0.3) is 5.91 Å². The Hall–Kier alpha value is -1.95. The monoisotopic (exact) mass is 352 g/mol. The molecule has 6 heteroatoms. The molecule has 0 radical (unpaired) electrons. The van der Waals surface area contributed by atoms with Gasteiger partial charge in [-0.2, -0.15) is 0 Å². The van der Waals surface area contributed by atoms with Crippen molar-refractivity contribution < 1.29 is 13.9 Å². The number of pyridine rings is 1. The Labute approximate surface area is 130 Å². The summed E-state index contributed by atoms with van der Waals surface area (Å²) in [6.45, 7) is 3.86. The Morgan fingerprint density at radius 1 is 1.33 bits per heavy atom. The van der Waals surface area contributed by atoms with Gasteiger partial charge in [0.1, 0.15) is 17.4 Å². The quantitative estimate of drug-likeness (QED) is 0.903. The first-order valence-electron chi connectivity index (χ1n) is 6.35. The summed E-state index contributed by atoms with van der Waals surface area (Å²) in [5, 5.41) is 2.61. The van der Waals surface area contributed by atoms with Crippen molar-refractivity contribution in [3.63, 3.8) is 0 Å². The topological polar surface area (TPSA) is 51.2 Å². The number of anilines is 1. The second kappa shape index (κ2) is 6.67. The van der Waals surface area contributed by atoms with Crippen LogP contribution in [0.25, 0.3) is 0 Å². The van der Waals surface area contributed by atoms with Crippen LogP contribution in [-0.4, -0.2) is 17.0 Å². The van der Waals surface area contributed by atoms with E-state index in [0.717, 1.165) is 6.20 Å². The highest BCUT2D eigenvalue weighted by Gasteiger charge is 2.10. The minimum atomic E-state index is -0.477. The number of hydrogen-bond acceptors (Lipinski definition) is 3. The molecule has 110 valence electrons. The molecule has 0 atom stereocenters. The van der Waals surface area contributed by atoms with E-state index in [4.69, 9.17) is 4.74 Å². The van der Waals surface area contributed by atoms with E-state index >= 15 is 0 Å². The van der Waals surface area contributed by atoms with E-state index in [9.17, 15) is 9.18 Å². The van der Waals surface area contributed by atoms with Gasteiger partial charge < -0.3 is 10.1 Å². The second-order valence-corrected chi connectivity index (χ2v) is 5.48. The molecule has 0 bridgehead atoms. The number of nitrogens with one attached hydrogen (secondary N) is 1. The van der Waals surface area contributed by atoms with Gasteiger partial charge in [-0.25, -0.2) is 9.37 Å². The molecule has 0 saturated heterocycles. The van der Waals surface area contributed by atoms with E-state index in [1.54, 1.807) is 24.3 Å². The van der Waals surface area contributed by atoms with Crippen molar-refractivity contribution in [2.75, 3.05) is 5.32 Å². The average molecular weight is 353 g/mol. The maximum atomic E-state index is 12.9. The van der Waals surface area contributed by atoms with Crippen LogP contribution in [-0.2, 0) is 0 Å². The summed E-state index contributed by atoms with van der Waals surface area (Å²) in [5.41, 5.74) is 0.462. The minimum Gasteiger partial charge on any atom is -0.491 e. The van der Waals surface area contributed by atoms with Crippen molar-refractivity contribution in [1.82, 2.24) is 4.98 Å². The predicted molar refractivity (Wildman–Crippen MR) is 82.1 cm³/mol. The lowest BCUT2D eigenvalue weighted by Gasteiger charge is -2.10. The van der Waals surface area contributed by atoms with Crippen LogP contribution in [0.2, 0.25) is 0 Å². The number of benzene rings is 1. The fourth-order valence-electron chi connectivity index (χ4n) is 1.64. The van der Waals surface area contributed by atoms with E-state index < -0.39 is 5.82 Å². The summed E-state index contributed by atoms with van der Waals surface area (Å²) < 4.78 is 18.8. The van der Waals surface area contributed by atoms with Gasteiger partial charge in [0.2, 0.25) is 0 Å². The van der Waals surface area contributed by atoms with Crippen LogP contribution in [0.15, 0.2) is 41.0 Å². The number of aromatic nitrogens is 1. The third-order valence-electron chi connectivity index (χ3n) is 2.53. The molecule has 0 aliphatic heterocycles. The molecule has 1 amide bonds. The molecule has 4 nitrogen and oxygen atoms in total. The van der Waals surface area contributed by atoms with Crippen LogP contribution < -0.4 is 10.1 Å². The number of ether oxygens (including phenoxy) is 1. The molecule has 1 heterocycles. The maximum Gasteiger partial charge on any atom is 0.256 e. The van der Waals surface area contributed by atoms with Crippen LogP contribution in [0.3, 0.4) is 0 Å². The molecule has 0 aliphatic carbocycles. The first-order valence-corrected chi connectivity index (χ1v) is 7.14. The molecule has 0 fully saturated rings. The summed E-state index contributed by atoms with van der Waals surface area (Å²) in [6, 6.07) is 8.00. The van der Waals surface area contributed by atoms with Crippen molar-refractivity contribution in [2.45, 2.75) is 20.0 Å². The van der Waals surface area contributed by atoms with Crippen molar-refractivity contribution in [3.8, 4) is 5.75 Å². The Morgan fingerprint density at radius 3 is 2.57 bits per heavy atom. The molecule has 21 heavy (non-hydrogen) atoms. The zero-order chi connectivity index (χ0) is 15.4. The molecule has 1 aromatic carbocycles. The molecule has 0 spiro atoms. The van der Waals surface area contributed by atoms with Gasteiger partial charge in [-0.1, -0.05) is 0 Å². The van der Waals surface area contributed by atoms with E-state index in [1.807, 2.05) is 13.8 Å². The molecular weight excluding hydrogens is 339 g/mol. The zero-order valence-corrected chi connectivity index (χ0v) is 13.1. The van der Waals surface area contributed by atoms with Gasteiger partial charge in [0.15, 0.2) is 0 Å². The first-order chi connectivity index (χ1) is 9.95. The van der Waals surface area contributed by atoms with E-state index in [0.29, 0.717) is 15.8 Å². The molecule has 1 N–H and O–H groups in total. The normalized spacial score (nSPS) is 10.5. The van der Waals surface area contributed by atoms with E-state index in [-0.39, 0.29) is 17.8 Å². The zero-order valence-electron chi connectivity index (χ0n) is 11.6. The predicted octanol–water partition coefficient (Wildman–Crippen LogP) is 4.02. The number of amides is 1. The highest BCUT2D eigenvalue weighted by Crippen LogP contribution is 2.21. The third-order valence-corrected chi connectivity index (χ3v) is 3.13. The third kappa shape index (κ3) is 4.26. The standard InChI is InChI=1S/C15H14BrFN2O2/c1-9(2)21-12-5-3-10(4-6-12)15(20)19-14-13(16)7-11(17)8-18-14/h3-9H,1-2H3,(H,18,19,20). The van der Waals surface area contributed by atoms with Gasteiger partial charge >= 0.3 is 0 Å². The maximum absolute atomic E-state index is 12.9. The van der Waals surface area contributed by atoms with Gasteiger partial charge in [-0.3, -0.25) is 4.79 Å². The molecule has 0 aliphatic rings. The Balaban J connectivity index is 2.09. The highest BCUT2D eigenvalue weighted by molar-refractivity contribution is 9.10. The lowest BCUT2D eigenvalue weighted by atomic mass is 10.2. The molecule has 2 rings (SSSR count). The van der Waals surface area contributed by atoms with Crippen molar-refractivity contribution in [1.29, 1.82) is 0 Å². The first kappa shape index (κ1) is 15.4. The summed E-state index contributed by atoms with van der Waals surface area (Å²) in [7, 11) is 0.